The first-order valence-corrected chi connectivity index (χ1v) is 50.6. The Morgan fingerprint density at radius 3 is 1.25 bits per heavy atom. The fourth-order valence-corrected chi connectivity index (χ4v) is 15.0. The predicted octanol–water partition coefficient (Wildman–Crippen LogP) is 34.2. The number of ketones is 2. The number of fused-ring (bicyclic) bond motifs is 8. The summed E-state index contributed by atoms with van der Waals surface area (Å²) in [6.07, 6.45) is 15.9. The number of oxazole rings is 1. The summed E-state index contributed by atoms with van der Waals surface area (Å²) in [6, 6.07) is 62.9. The fourth-order valence-electron chi connectivity index (χ4n) is 15.0. The van der Waals surface area contributed by atoms with Crippen molar-refractivity contribution in [2.24, 2.45) is 16.2 Å². The number of nitrogens with zero attached hydrogens (tertiary/aromatic N) is 4. The lowest BCUT2D eigenvalue weighted by atomic mass is 9.85. The van der Waals surface area contributed by atoms with Gasteiger partial charge in [0.25, 0.3) is 0 Å². The minimum absolute atomic E-state index is 0.00609. The summed E-state index contributed by atoms with van der Waals surface area (Å²) in [4.78, 5) is 68.3. The van der Waals surface area contributed by atoms with Crippen LogP contribution in [0.1, 0.15) is 336 Å². The molecule has 16 rings (SSSR count). The van der Waals surface area contributed by atoms with E-state index in [1.807, 2.05) is 300 Å². The van der Waals surface area contributed by atoms with Gasteiger partial charge in [0.05, 0.1) is 16.6 Å². The molecule has 0 aliphatic carbocycles. The maximum absolute atomic E-state index is 12.1. The van der Waals surface area contributed by atoms with Gasteiger partial charge in [-0.3, -0.25) is 19.4 Å². The lowest BCUT2D eigenvalue weighted by Gasteiger charge is -2.23. The van der Waals surface area contributed by atoms with Crippen LogP contribution in [-0.4, -0.2) is 50.6 Å². The second-order valence-corrected chi connectivity index (χ2v) is 40.9. The van der Waals surface area contributed by atoms with E-state index in [4.69, 9.17) is 34.5 Å². The van der Waals surface area contributed by atoms with Crippen molar-refractivity contribution in [1.29, 1.82) is 0 Å². The van der Waals surface area contributed by atoms with Gasteiger partial charge in [-0.05, 0) is 203 Å². The van der Waals surface area contributed by atoms with Crippen molar-refractivity contribution in [2.45, 2.75) is 307 Å². The molecule has 141 heavy (non-hydrogen) atoms. The average Bonchev–Trinajstić information content (AvgIpc) is 1.74. The van der Waals surface area contributed by atoms with E-state index in [-0.39, 0.29) is 38.3 Å². The Hall–Kier alpha value is -12.9. The number of carbonyl (C=O) groups excluding carboxylic acids is 2. The van der Waals surface area contributed by atoms with E-state index in [1.165, 1.54) is 34.9 Å². The second-order valence-electron chi connectivity index (χ2n) is 40.9. The van der Waals surface area contributed by atoms with Crippen LogP contribution in [0.2, 0.25) is 0 Å². The number of imidazole rings is 1. The Balaban J connectivity index is 0.000000334. The Morgan fingerprint density at radius 1 is 0.404 bits per heavy atom. The van der Waals surface area contributed by atoms with Gasteiger partial charge in [0.1, 0.15) is 63.0 Å². The molecule has 8 aromatic carbocycles. The number of aromatic amines is 2. The number of benzene rings is 8. The van der Waals surface area contributed by atoms with Gasteiger partial charge in [0.2, 0.25) is 5.56 Å². The minimum atomic E-state index is -0.279. The van der Waals surface area contributed by atoms with Gasteiger partial charge in [-0.25, -0.2) is 14.8 Å². The number of allylic oxidation sites excluding steroid dienone is 6. The summed E-state index contributed by atoms with van der Waals surface area (Å²) in [5, 5.41) is 3.41. The van der Waals surface area contributed by atoms with E-state index in [2.05, 4.69) is 192 Å². The molecule has 0 saturated heterocycles. The number of H-pyrrole nitrogens is 2. The van der Waals surface area contributed by atoms with Gasteiger partial charge < -0.3 is 49.4 Å². The lowest BCUT2D eigenvalue weighted by molar-refractivity contribution is -0.127. The van der Waals surface area contributed by atoms with Gasteiger partial charge in [-0.2, -0.15) is 0 Å². The number of pyridine rings is 2. The highest BCUT2D eigenvalue weighted by Gasteiger charge is 2.27. The second kappa shape index (κ2) is 56.5. The quantitative estimate of drug-likeness (QED) is 0.0584. The Kier molecular flexibility index (Phi) is 48.3. The first-order valence-electron chi connectivity index (χ1n) is 50.6. The van der Waals surface area contributed by atoms with Crippen LogP contribution in [0, 0.1) is 16.2 Å². The van der Waals surface area contributed by atoms with Crippen LogP contribution < -0.4 is 41.8 Å². The summed E-state index contributed by atoms with van der Waals surface area (Å²) >= 11 is 0. The van der Waals surface area contributed by atoms with Gasteiger partial charge in [0, 0.05) is 142 Å². The van der Waals surface area contributed by atoms with E-state index >= 15 is 0 Å². The van der Waals surface area contributed by atoms with E-state index < -0.39 is 0 Å². The molecule has 0 bridgehead atoms. The predicted molar refractivity (Wildman–Crippen MR) is 606 cm³/mol. The van der Waals surface area contributed by atoms with E-state index in [1.54, 1.807) is 12.1 Å². The Bertz CT molecular complexity index is 6160. The van der Waals surface area contributed by atoms with Crippen molar-refractivity contribution in [3.8, 4) is 17.2 Å². The van der Waals surface area contributed by atoms with Crippen molar-refractivity contribution >= 4 is 100 Å². The molecule has 0 unspecified atom stereocenters. The van der Waals surface area contributed by atoms with Gasteiger partial charge in [0.15, 0.2) is 11.5 Å². The number of hydrogen-bond acceptors (Lipinski definition) is 15. The number of nitrogen functional groups attached to an aromatic ring is 2. The third kappa shape index (κ3) is 38.2. The minimum Gasteiger partial charge on any atom is -0.457 e. The number of nitrogens with two attached hydrogens (primary N) is 2. The third-order valence-corrected chi connectivity index (χ3v) is 22.2. The van der Waals surface area contributed by atoms with Crippen LogP contribution in [0.4, 0.5) is 17.1 Å². The molecule has 17 nitrogen and oxygen atoms in total. The molecular weight excluding hydrogens is 1750 g/mol. The van der Waals surface area contributed by atoms with Crippen LogP contribution in [0.25, 0.3) is 71.6 Å². The van der Waals surface area contributed by atoms with Gasteiger partial charge in [-0.15, -0.1) is 0 Å². The summed E-state index contributed by atoms with van der Waals surface area (Å²) in [7, 11) is 4.02. The van der Waals surface area contributed by atoms with Crippen molar-refractivity contribution in [3.05, 3.63) is 321 Å². The molecule has 0 radical (unpaired) electrons. The molecule has 0 atom stereocenters. The summed E-state index contributed by atoms with van der Waals surface area (Å²) < 4.78 is 27.7. The average molecular weight is 1920 g/mol. The molecule has 0 saturated carbocycles. The lowest BCUT2D eigenvalue weighted by Crippen LogP contribution is -2.19. The SMILES string of the molecule is C=C1C=C(CCCC(=O)C(C)(C)C)c2ccc(N(C)C)cc2O1.C=C1C=C(CCCC(=O)C(C)(C)C)c2ccc(N)cc2O1.C=C1C=C(CCCC(C)(C)C)c2ccc(N)cc2O1.CC.CC.CC.CC.CC.CC(C)(C)c1cc(=O)[nH]c2ccccc12.CC(C)(C)c1cc(=O)oc2ccccc12.CC(C)(C)c1ccnc2ccccc12.CC(C)c1nc2ccccc2[nH]1.CC(C)c1nc2ccccc2o1. The van der Waals surface area contributed by atoms with Crippen LogP contribution in [0.5, 0.6) is 17.2 Å². The number of aromatic nitrogens is 5. The highest BCUT2D eigenvalue weighted by atomic mass is 16.5. The zero-order valence-electron chi connectivity index (χ0n) is 92.0. The number of Topliss-reactive ketones (excluding diaryl/α,β-unsaturated/α-hetero) is 2. The van der Waals surface area contributed by atoms with Crippen molar-refractivity contribution in [3.63, 3.8) is 0 Å². The normalized spacial score (nSPS) is 12.2. The molecule has 17 heteroatoms. The fraction of sp³-hybridized carbons (Fsp3) is 0.411. The monoisotopic (exact) mass is 1920 g/mol. The molecule has 13 aromatic rings. The van der Waals surface area contributed by atoms with Crippen LogP contribution in [0.3, 0.4) is 0 Å². The number of ether oxygens (including phenoxy) is 3. The molecular formula is C124H170N8O9. The molecule has 3 aliphatic heterocycles. The largest absolute Gasteiger partial charge is 0.457 e. The van der Waals surface area contributed by atoms with E-state index in [0.29, 0.717) is 70.2 Å². The summed E-state index contributed by atoms with van der Waals surface area (Å²) in [5.74, 6) is 7.72. The molecule has 6 N–H and O–H groups in total. The highest BCUT2D eigenvalue weighted by Crippen LogP contribution is 2.42. The molecule has 0 fully saturated rings. The first kappa shape index (κ1) is 120. The first-order chi connectivity index (χ1) is 66.4. The van der Waals surface area contributed by atoms with E-state index in [9.17, 15) is 19.2 Å². The molecule has 0 amide bonds. The molecule has 5 aromatic heterocycles. The van der Waals surface area contributed by atoms with Gasteiger partial charge >= 0.3 is 5.63 Å². The number of anilines is 3. The van der Waals surface area contributed by atoms with Gasteiger partial charge in [-0.1, -0.05) is 320 Å². The number of nitrogens with one attached hydrogen (secondary N) is 2. The van der Waals surface area contributed by atoms with Crippen LogP contribution >= 0.6 is 0 Å². The smallest absolute Gasteiger partial charge is 0.336 e. The topological polar surface area (TPSA) is 248 Å². The third-order valence-electron chi connectivity index (χ3n) is 22.2. The number of carbonyl (C=O) groups is 2. The highest BCUT2D eigenvalue weighted by molar-refractivity contribution is 5.87. The number of hydrogen-bond donors (Lipinski definition) is 4. The van der Waals surface area contributed by atoms with Crippen molar-refractivity contribution in [1.82, 2.24) is 24.9 Å². The number of rotatable bonds is 14. The number of para-hydroxylation sites is 7. The van der Waals surface area contributed by atoms with Crippen molar-refractivity contribution in [2.75, 3.05) is 30.5 Å². The zero-order valence-corrected chi connectivity index (χ0v) is 92.0. The van der Waals surface area contributed by atoms with Crippen LogP contribution in [-0.2, 0) is 25.8 Å². The maximum Gasteiger partial charge on any atom is 0.336 e. The molecule has 0 spiro atoms. The molecule has 3 aliphatic rings. The molecule has 760 valence electrons. The maximum atomic E-state index is 12.1. The van der Waals surface area contributed by atoms with E-state index in [0.717, 1.165) is 150 Å². The van der Waals surface area contributed by atoms with Crippen molar-refractivity contribution < 1.29 is 32.6 Å². The zero-order chi connectivity index (χ0) is 106. The Morgan fingerprint density at radius 2 is 0.809 bits per heavy atom. The summed E-state index contributed by atoms with van der Waals surface area (Å²) in [6.45, 7) is 78.1. The standard InChI is InChI=1S/C20H27NO2.C18H23NO2.C17H23NO.C13H15NO.C13H15N.C13H14O2.C10H12N2.C10H11NO.5C2H6/c1-14-12-15(8-7-9-19(22)20(2,3)4)17-11-10-16(21(5)6)13-18(17)23-14;1-12-10-13(6-5-7-17(20)18(2,3)4)15-9-8-14(19)11-16(15)21-12;1-12-10-13(6-5-9-17(2,3)4)15-8-7-14(18)11-16(15)19-12;1-13(2,3)10-8-12(15)14-11-7-5-4-6-9(10)11;1-13(2,3)11-8-9-14-12-7-5-4-6-10(11)12;1-13(2,3)10-8-12(14)15-11-7-5-4-6-9(10)11;2*1-7(2)10-11-8-5-3-4-6-9(8)12-10;5*1-2/h10-13H,1,7-9H2,2-6H3;8-11H,1,5-7,19H2,2-4H3;7-8,10-11H,1,5-6,9,18H2,2-4H3;4-8H,1-3H3,(H,14,15);4-9H,1-3H3;4-8H,1-3H3;3-7H,1-2H3,(H,11,12);3-7H,1-2H3;5*1-2H3. The Labute approximate surface area is 845 Å². The molecule has 8 heterocycles. The van der Waals surface area contributed by atoms with Crippen LogP contribution in [0.15, 0.2) is 274 Å². The summed E-state index contributed by atoms with van der Waals surface area (Å²) in [5.41, 5.74) is 30.9.